The molecule has 0 spiro atoms. The van der Waals surface area contributed by atoms with Crippen LogP contribution in [0.25, 0.3) is 0 Å². The van der Waals surface area contributed by atoms with E-state index >= 15 is 0 Å². The van der Waals surface area contributed by atoms with E-state index in [1.165, 1.54) is 32.1 Å². The second kappa shape index (κ2) is 6.69. The Morgan fingerprint density at radius 3 is 2.47 bits per heavy atom. The molecule has 0 atom stereocenters. The molecule has 0 radical (unpaired) electrons. The lowest BCUT2D eigenvalue weighted by Gasteiger charge is -2.22. The van der Waals surface area contributed by atoms with Crippen LogP contribution in [-0.4, -0.2) is 16.5 Å². The van der Waals surface area contributed by atoms with Gasteiger partial charge < -0.3 is 5.32 Å². The van der Waals surface area contributed by atoms with Crippen molar-refractivity contribution in [3.05, 3.63) is 16.0 Å². The molecule has 1 aromatic heterocycles. The minimum Gasteiger partial charge on any atom is -0.369 e. The number of rotatable bonds is 4. The summed E-state index contributed by atoms with van der Waals surface area (Å²) in [7, 11) is 0. The first-order valence-corrected chi connectivity index (χ1v) is 8.24. The van der Waals surface area contributed by atoms with E-state index < -0.39 is 0 Å². The van der Waals surface area contributed by atoms with E-state index in [2.05, 4.69) is 42.0 Å². The van der Waals surface area contributed by atoms with Gasteiger partial charge >= 0.3 is 0 Å². The summed E-state index contributed by atoms with van der Waals surface area (Å²) >= 11 is 3.65. The van der Waals surface area contributed by atoms with Gasteiger partial charge in [-0.15, -0.1) is 0 Å². The average Bonchev–Trinajstić information content (AvgIpc) is 2.42. The molecule has 0 bridgehead atoms. The third-order valence-electron chi connectivity index (χ3n) is 3.76. The molecule has 3 nitrogen and oxygen atoms in total. The van der Waals surface area contributed by atoms with Crippen LogP contribution in [0.5, 0.6) is 0 Å². The van der Waals surface area contributed by atoms with Gasteiger partial charge in [0.25, 0.3) is 0 Å². The average molecular weight is 326 g/mol. The van der Waals surface area contributed by atoms with Gasteiger partial charge in [0.15, 0.2) is 0 Å². The predicted octanol–water partition coefficient (Wildman–Crippen LogP) is 4.84. The Kier molecular flexibility index (Phi) is 5.20. The van der Waals surface area contributed by atoms with Crippen molar-refractivity contribution in [3.8, 4) is 0 Å². The SMILES string of the molecule is CCNc1nc(C2CCCCC2)nc(C(C)C)c1Br. The van der Waals surface area contributed by atoms with Crippen molar-refractivity contribution in [2.75, 3.05) is 11.9 Å². The van der Waals surface area contributed by atoms with Crippen molar-refractivity contribution in [1.29, 1.82) is 0 Å². The van der Waals surface area contributed by atoms with Crippen molar-refractivity contribution in [2.45, 2.75) is 64.7 Å². The smallest absolute Gasteiger partial charge is 0.144 e. The molecule has 1 fully saturated rings. The number of anilines is 1. The fraction of sp³-hybridized carbons (Fsp3) is 0.733. The highest BCUT2D eigenvalue weighted by Gasteiger charge is 2.22. The molecule has 1 N–H and O–H groups in total. The summed E-state index contributed by atoms with van der Waals surface area (Å²) in [6.07, 6.45) is 6.48. The minimum absolute atomic E-state index is 0.414. The molecule has 4 heteroatoms. The Labute approximate surface area is 124 Å². The summed E-state index contributed by atoms with van der Waals surface area (Å²) in [6.45, 7) is 7.36. The maximum atomic E-state index is 4.84. The van der Waals surface area contributed by atoms with Gasteiger partial charge in [-0.3, -0.25) is 0 Å². The highest BCUT2D eigenvalue weighted by atomic mass is 79.9. The lowest BCUT2D eigenvalue weighted by Crippen LogP contribution is -2.14. The third kappa shape index (κ3) is 3.47. The number of hydrogen-bond donors (Lipinski definition) is 1. The van der Waals surface area contributed by atoms with Gasteiger partial charge in [-0.2, -0.15) is 0 Å². The van der Waals surface area contributed by atoms with E-state index in [4.69, 9.17) is 9.97 Å². The van der Waals surface area contributed by atoms with Crippen LogP contribution in [0.3, 0.4) is 0 Å². The van der Waals surface area contributed by atoms with Crippen LogP contribution in [0.15, 0.2) is 4.47 Å². The van der Waals surface area contributed by atoms with Crippen LogP contribution in [0.4, 0.5) is 5.82 Å². The molecule has 0 saturated heterocycles. The second-order valence-corrected chi connectivity index (χ2v) is 6.44. The molecule has 1 aliphatic carbocycles. The lowest BCUT2D eigenvalue weighted by atomic mass is 9.88. The van der Waals surface area contributed by atoms with Gasteiger partial charge in [0.05, 0.1) is 10.2 Å². The van der Waals surface area contributed by atoms with E-state index in [0.29, 0.717) is 11.8 Å². The topological polar surface area (TPSA) is 37.8 Å². The molecule has 1 aliphatic rings. The normalized spacial score (nSPS) is 16.9. The van der Waals surface area contributed by atoms with Crippen molar-refractivity contribution in [1.82, 2.24) is 9.97 Å². The maximum Gasteiger partial charge on any atom is 0.144 e. The number of halogens is 1. The number of nitrogens with one attached hydrogen (secondary N) is 1. The maximum absolute atomic E-state index is 4.84. The van der Waals surface area contributed by atoms with Crippen LogP contribution < -0.4 is 5.32 Å². The van der Waals surface area contributed by atoms with Crippen LogP contribution >= 0.6 is 15.9 Å². The quantitative estimate of drug-likeness (QED) is 0.860. The second-order valence-electron chi connectivity index (χ2n) is 5.65. The van der Waals surface area contributed by atoms with Gasteiger partial charge in [0.2, 0.25) is 0 Å². The molecule has 0 aromatic carbocycles. The fourth-order valence-electron chi connectivity index (χ4n) is 2.69. The van der Waals surface area contributed by atoms with Gasteiger partial charge in [-0.1, -0.05) is 33.1 Å². The molecule has 1 aromatic rings. The zero-order valence-electron chi connectivity index (χ0n) is 12.2. The minimum atomic E-state index is 0.414. The van der Waals surface area contributed by atoms with E-state index in [0.717, 1.165) is 28.4 Å². The standard InChI is InChI=1S/C15H24BrN3/c1-4-17-15-12(16)13(10(2)3)18-14(19-15)11-8-6-5-7-9-11/h10-11H,4-9H2,1-3H3,(H,17,18,19). The Morgan fingerprint density at radius 1 is 1.21 bits per heavy atom. The molecular formula is C15H24BrN3. The highest BCUT2D eigenvalue weighted by molar-refractivity contribution is 9.10. The van der Waals surface area contributed by atoms with Crippen LogP contribution in [-0.2, 0) is 0 Å². The first-order valence-electron chi connectivity index (χ1n) is 7.44. The van der Waals surface area contributed by atoms with Crippen LogP contribution in [0, 0.1) is 0 Å². The molecular weight excluding hydrogens is 302 g/mol. The van der Waals surface area contributed by atoms with E-state index in [-0.39, 0.29) is 0 Å². The summed E-state index contributed by atoms with van der Waals surface area (Å²) in [4.78, 5) is 9.60. The number of hydrogen-bond acceptors (Lipinski definition) is 3. The van der Waals surface area contributed by atoms with Gasteiger partial charge in [0.1, 0.15) is 11.6 Å². The Bertz CT molecular complexity index is 426. The zero-order valence-corrected chi connectivity index (χ0v) is 13.8. The van der Waals surface area contributed by atoms with Crippen molar-refractivity contribution >= 4 is 21.7 Å². The van der Waals surface area contributed by atoms with Gasteiger partial charge in [0, 0.05) is 12.5 Å². The highest BCUT2D eigenvalue weighted by Crippen LogP contribution is 2.35. The first kappa shape index (κ1) is 14.8. The summed E-state index contributed by atoms with van der Waals surface area (Å²) in [5, 5.41) is 3.35. The van der Waals surface area contributed by atoms with Crippen LogP contribution in [0.2, 0.25) is 0 Å². The molecule has 0 aliphatic heterocycles. The molecule has 2 rings (SSSR count). The summed E-state index contributed by atoms with van der Waals surface area (Å²) < 4.78 is 1.03. The van der Waals surface area contributed by atoms with Crippen LogP contribution in [0.1, 0.15) is 76.2 Å². The Balaban J connectivity index is 2.36. The van der Waals surface area contributed by atoms with Gasteiger partial charge in [-0.05, 0) is 41.6 Å². The molecule has 0 unspecified atom stereocenters. The molecule has 1 heterocycles. The summed E-state index contributed by atoms with van der Waals surface area (Å²) in [5.41, 5.74) is 1.13. The summed E-state index contributed by atoms with van der Waals surface area (Å²) in [5.74, 6) is 2.97. The fourth-order valence-corrected chi connectivity index (χ4v) is 3.47. The zero-order chi connectivity index (χ0) is 13.8. The number of nitrogens with zero attached hydrogens (tertiary/aromatic N) is 2. The van der Waals surface area contributed by atoms with Crippen molar-refractivity contribution < 1.29 is 0 Å². The molecule has 106 valence electrons. The molecule has 0 amide bonds. The first-order chi connectivity index (χ1) is 9.13. The molecule has 19 heavy (non-hydrogen) atoms. The Morgan fingerprint density at radius 2 is 1.89 bits per heavy atom. The Hall–Kier alpha value is -0.640. The predicted molar refractivity (Wildman–Crippen MR) is 83.8 cm³/mol. The third-order valence-corrected chi connectivity index (χ3v) is 4.54. The number of aromatic nitrogens is 2. The van der Waals surface area contributed by atoms with E-state index in [1.807, 2.05) is 0 Å². The largest absolute Gasteiger partial charge is 0.369 e. The van der Waals surface area contributed by atoms with Crippen molar-refractivity contribution in [2.24, 2.45) is 0 Å². The van der Waals surface area contributed by atoms with Crippen molar-refractivity contribution in [3.63, 3.8) is 0 Å². The monoisotopic (exact) mass is 325 g/mol. The molecule has 1 saturated carbocycles. The lowest BCUT2D eigenvalue weighted by molar-refractivity contribution is 0.427. The van der Waals surface area contributed by atoms with E-state index in [1.54, 1.807) is 0 Å². The summed E-state index contributed by atoms with van der Waals surface area (Å²) in [6, 6.07) is 0. The van der Waals surface area contributed by atoms with Gasteiger partial charge in [-0.25, -0.2) is 9.97 Å². The van der Waals surface area contributed by atoms with E-state index in [9.17, 15) is 0 Å².